The molecule has 0 unspecified atom stereocenters. The van der Waals surface area contributed by atoms with Gasteiger partial charge >= 0.3 is 0 Å². The Balaban J connectivity index is 2.14. The van der Waals surface area contributed by atoms with Crippen LogP contribution in [0.2, 0.25) is 0 Å². The molecule has 0 heterocycles. The fourth-order valence-corrected chi connectivity index (χ4v) is 2.72. The summed E-state index contributed by atoms with van der Waals surface area (Å²) in [5, 5.41) is 9.63. The summed E-state index contributed by atoms with van der Waals surface area (Å²) >= 11 is 0. The first kappa shape index (κ1) is 13.4. The standard InChI is InChI=1S/C20H18O/c1-2-15-10-11-17-7-3-4-9-20(17)18(12-15)13-16-6-5-8-19(21)14-16/h2-9,12-14,21H,1,10-11H2/b18-13+. The van der Waals surface area contributed by atoms with Crippen LogP contribution in [0.4, 0.5) is 0 Å². The third kappa shape index (κ3) is 2.97. The van der Waals surface area contributed by atoms with Crippen LogP contribution in [0.25, 0.3) is 11.6 Å². The van der Waals surface area contributed by atoms with E-state index in [1.807, 2.05) is 18.2 Å². The Bertz CT molecular complexity index is 735. The van der Waals surface area contributed by atoms with E-state index in [-0.39, 0.29) is 0 Å². The van der Waals surface area contributed by atoms with Gasteiger partial charge in [0, 0.05) is 0 Å². The molecule has 1 nitrogen and oxygen atoms in total. The maximum Gasteiger partial charge on any atom is 0.116 e. The number of benzene rings is 2. The first-order valence-corrected chi connectivity index (χ1v) is 7.18. The van der Waals surface area contributed by atoms with Crippen LogP contribution >= 0.6 is 0 Å². The maximum atomic E-state index is 9.63. The average molecular weight is 274 g/mol. The van der Waals surface area contributed by atoms with E-state index in [0.717, 1.165) is 18.4 Å². The zero-order valence-electron chi connectivity index (χ0n) is 11.9. The van der Waals surface area contributed by atoms with Crippen LogP contribution in [0, 0.1) is 0 Å². The van der Waals surface area contributed by atoms with Crippen LogP contribution in [0.1, 0.15) is 23.1 Å². The van der Waals surface area contributed by atoms with Gasteiger partial charge in [0.25, 0.3) is 0 Å². The third-order valence-corrected chi connectivity index (χ3v) is 3.81. The van der Waals surface area contributed by atoms with E-state index in [2.05, 4.69) is 43.0 Å². The Morgan fingerprint density at radius 2 is 1.86 bits per heavy atom. The molecule has 104 valence electrons. The molecule has 0 aromatic heterocycles. The summed E-state index contributed by atoms with van der Waals surface area (Å²) in [4.78, 5) is 0. The molecule has 0 atom stereocenters. The van der Waals surface area contributed by atoms with Gasteiger partial charge in [-0.1, -0.05) is 55.1 Å². The molecule has 1 aliphatic carbocycles. The van der Waals surface area contributed by atoms with E-state index in [0.29, 0.717) is 5.75 Å². The SMILES string of the molecule is C=CC1=C/C(=C\c2cccc(O)c2)c2ccccc2CC1. The minimum atomic E-state index is 0.291. The summed E-state index contributed by atoms with van der Waals surface area (Å²) in [6.07, 6.45) is 8.29. The highest BCUT2D eigenvalue weighted by atomic mass is 16.3. The van der Waals surface area contributed by atoms with E-state index >= 15 is 0 Å². The van der Waals surface area contributed by atoms with Crippen molar-refractivity contribution in [1.82, 2.24) is 0 Å². The van der Waals surface area contributed by atoms with Gasteiger partial charge in [-0.05, 0) is 58.9 Å². The fraction of sp³-hybridized carbons (Fsp3) is 0.100. The van der Waals surface area contributed by atoms with Crippen LogP contribution in [-0.2, 0) is 6.42 Å². The molecule has 0 fully saturated rings. The summed E-state index contributed by atoms with van der Waals surface area (Å²) in [6, 6.07) is 15.8. The van der Waals surface area contributed by atoms with Gasteiger partial charge in [0.1, 0.15) is 5.75 Å². The highest BCUT2D eigenvalue weighted by Gasteiger charge is 2.11. The quantitative estimate of drug-likeness (QED) is 0.817. The van der Waals surface area contributed by atoms with Gasteiger partial charge in [-0.15, -0.1) is 0 Å². The number of rotatable bonds is 2. The van der Waals surface area contributed by atoms with Crippen LogP contribution in [-0.4, -0.2) is 5.11 Å². The molecule has 21 heavy (non-hydrogen) atoms. The van der Waals surface area contributed by atoms with Crippen molar-refractivity contribution in [3.05, 3.63) is 89.5 Å². The second kappa shape index (κ2) is 5.84. The van der Waals surface area contributed by atoms with Crippen LogP contribution < -0.4 is 0 Å². The second-order valence-electron chi connectivity index (χ2n) is 5.28. The molecule has 3 rings (SSSR count). The minimum Gasteiger partial charge on any atom is -0.508 e. The number of aryl methyl sites for hydroxylation is 1. The van der Waals surface area contributed by atoms with Crippen molar-refractivity contribution in [1.29, 1.82) is 0 Å². The Kier molecular flexibility index (Phi) is 3.74. The Morgan fingerprint density at radius 1 is 1.00 bits per heavy atom. The summed E-state index contributed by atoms with van der Waals surface area (Å²) in [5.41, 5.74) is 6.04. The van der Waals surface area contributed by atoms with Crippen LogP contribution in [0.15, 0.2) is 72.8 Å². The first-order valence-electron chi connectivity index (χ1n) is 7.18. The van der Waals surface area contributed by atoms with Crippen molar-refractivity contribution in [2.45, 2.75) is 12.8 Å². The highest BCUT2D eigenvalue weighted by Crippen LogP contribution is 2.30. The first-order chi connectivity index (χ1) is 10.3. The molecular weight excluding hydrogens is 256 g/mol. The molecule has 0 saturated carbocycles. The maximum absolute atomic E-state index is 9.63. The van der Waals surface area contributed by atoms with Crippen LogP contribution in [0.3, 0.4) is 0 Å². The smallest absolute Gasteiger partial charge is 0.116 e. The molecule has 0 amide bonds. The van der Waals surface area contributed by atoms with Gasteiger partial charge in [-0.2, -0.15) is 0 Å². The van der Waals surface area contributed by atoms with Gasteiger partial charge in [-0.25, -0.2) is 0 Å². The number of aromatic hydroxyl groups is 1. The summed E-state index contributed by atoms with van der Waals surface area (Å²) in [7, 11) is 0. The van der Waals surface area contributed by atoms with E-state index in [1.54, 1.807) is 12.1 Å². The van der Waals surface area contributed by atoms with Gasteiger partial charge < -0.3 is 5.11 Å². The Hall–Kier alpha value is -2.54. The Morgan fingerprint density at radius 3 is 2.67 bits per heavy atom. The average Bonchev–Trinajstić information content (AvgIpc) is 2.67. The van der Waals surface area contributed by atoms with E-state index in [9.17, 15) is 5.11 Å². The zero-order chi connectivity index (χ0) is 14.7. The van der Waals surface area contributed by atoms with Gasteiger partial charge in [-0.3, -0.25) is 0 Å². The monoisotopic (exact) mass is 274 g/mol. The molecular formula is C20H18O. The van der Waals surface area contributed by atoms with Gasteiger partial charge in [0.15, 0.2) is 0 Å². The lowest BCUT2D eigenvalue weighted by molar-refractivity contribution is 0.475. The molecule has 0 saturated heterocycles. The molecule has 1 heteroatoms. The topological polar surface area (TPSA) is 20.2 Å². The predicted molar refractivity (Wildman–Crippen MR) is 89.0 cm³/mol. The molecule has 1 aliphatic rings. The largest absolute Gasteiger partial charge is 0.508 e. The number of allylic oxidation sites excluding steroid dienone is 4. The lowest BCUT2D eigenvalue weighted by Crippen LogP contribution is -1.89. The number of hydrogen-bond donors (Lipinski definition) is 1. The molecule has 0 spiro atoms. The Labute approximate surface area is 125 Å². The minimum absolute atomic E-state index is 0.291. The lowest BCUT2D eigenvalue weighted by atomic mass is 9.97. The molecule has 1 N–H and O–H groups in total. The highest BCUT2D eigenvalue weighted by molar-refractivity contribution is 5.90. The van der Waals surface area contributed by atoms with E-state index in [1.165, 1.54) is 22.3 Å². The molecule has 0 bridgehead atoms. The summed E-state index contributed by atoms with van der Waals surface area (Å²) in [6.45, 7) is 3.91. The van der Waals surface area contributed by atoms with Crippen molar-refractivity contribution < 1.29 is 5.11 Å². The fourth-order valence-electron chi connectivity index (χ4n) is 2.72. The van der Waals surface area contributed by atoms with E-state index in [4.69, 9.17) is 0 Å². The van der Waals surface area contributed by atoms with E-state index < -0.39 is 0 Å². The number of phenols is 1. The molecule has 0 radical (unpaired) electrons. The van der Waals surface area contributed by atoms with Crippen molar-refractivity contribution in [2.24, 2.45) is 0 Å². The normalized spacial score (nSPS) is 16.0. The summed E-state index contributed by atoms with van der Waals surface area (Å²) < 4.78 is 0. The zero-order valence-corrected chi connectivity index (χ0v) is 11.9. The van der Waals surface area contributed by atoms with Crippen molar-refractivity contribution in [2.75, 3.05) is 0 Å². The van der Waals surface area contributed by atoms with Crippen molar-refractivity contribution >= 4 is 11.6 Å². The molecule has 0 aliphatic heterocycles. The third-order valence-electron chi connectivity index (χ3n) is 3.81. The predicted octanol–water partition coefficient (Wildman–Crippen LogP) is 4.99. The van der Waals surface area contributed by atoms with Crippen molar-refractivity contribution in [3.63, 3.8) is 0 Å². The second-order valence-corrected chi connectivity index (χ2v) is 5.28. The van der Waals surface area contributed by atoms with Crippen molar-refractivity contribution in [3.8, 4) is 5.75 Å². The number of hydrogen-bond acceptors (Lipinski definition) is 1. The van der Waals surface area contributed by atoms with Gasteiger partial charge in [0.2, 0.25) is 0 Å². The van der Waals surface area contributed by atoms with Crippen LogP contribution in [0.5, 0.6) is 5.75 Å². The lowest BCUT2D eigenvalue weighted by Gasteiger charge is -2.07. The number of fused-ring (bicyclic) bond motifs is 1. The molecule has 2 aromatic rings. The number of phenolic OH excluding ortho intramolecular Hbond substituents is 1. The van der Waals surface area contributed by atoms with Gasteiger partial charge in [0.05, 0.1) is 0 Å². The summed E-state index contributed by atoms with van der Waals surface area (Å²) in [5.74, 6) is 0.291. The molecule has 2 aromatic carbocycles.